The number of hydrogen-bond acceptors (Lipinski definition) is 2. The summed E-state index contributed by atoms with van der Waals surface area (Å²) in [4.78, 5) is 14.2. The average Bonchev–Trinajstić information content (AvgIpc) is 2.51. The zero-order chi connectivity index (χ0) is 13.0. The monoisotopic (exact) mass is 246 g/mol. The van der Waals surface area contributed by atoms with Gasteiger partial charge in [0.2, 0.25) is 5.91 Å². The Morgan fingerprint density at radius 3 is 2.72 bits per heavy atom. The predicted octanol–water partition coefficient (Wildman–Crippen LogP) is 1.69. The molecule has 0 aromatic heterocycles. The lowest BCUT2D eigenvalue weighted by molar-refractivity contribution is -0.132. The standard InChI is InChI=1S/C15H22N2O/c1-12-10-16-13(2)15(18)17(11-12)9-8-14-6-4-3-5-7-14/h3-7,12-13,16H,8-11H2,1-2H3. The van der Waals surface area contributed by atoms with Crippen LogP contribution in [0.1, 0.15) is 19.4 Å². The predicted molar refractivity (Wildman–Crippen MR) is 73.4 cm³/mol. The highest BCUT2D eigenvalue weighted by molar-refractivity contribution is 5.81. The van der Waals surface area contributed by atoms with Gasteiger partial charge in [0.1, 0.15) is 0 Å². The molecule has 1 aromatic carbocycles. The number of benzene rings is 1. The molecular formula is C15H22N2O. The van der Waals surface area contributed by atoms with Crippen molar-refractivity contribution in [2.24, 2.45) is 5.92 Å². The van der Waals surface area contributed by atoms with Gasteiger partial charge in [-0.15, -0.1) is 0 Å². The van der Waals surface area contributed by atoms with Crippen molar-refractivity contribution >= 4 is 5.91 Å². The second kappa shape index (κ2) is 6.01. The molecule has 0 aliphatic carbocycles. The molecule has 2 atom stereocenters. The fourth-order valence-electron chi connectivity index (χ4n) is 2.38. The Labute approximate surface area is 109 Å². The summed E-state index contributed by atoms with van der Waals surface area (Å²) in [6, 6.07) is 10.3. The van der Waals surface area contributed by atoms with Gasteiger partial charge in [-0.05, 0) is 24.8 Å². The molecule has 2 unspecified atom stereocenters. The van der Waals surface area contributed by atoms with E-state index in [0.29, 0.717) is 5.92 Å². The van der Waals surface area contributed by atoms with Crippen LogP contribution in [0, 0.1) is 5.92 Å². The van der Waals surface area contributed by atoms with E-state index in [1.54, 1.807) is 0 Å². The van der Waals surface area contributed by atoms with Crippen molar-refractivity contribution in [1.29, 1.82) is 0 Å². The van der Waals surface area contributed by atoms with Crippen molar-refractivity contribution in [3.63, 3.8) is 0 Å². The molecule has 2 rings (SSSR count). The molecule has 1 saturated heterocycles. The molecule has 1 aromatic rings. The van der Waals surface area contributed by atoms with E-state index in [-0.39, 0.29) is 11.9 Å². The SMILES string of the molecule is CC1CNC(C)C(=O)N(CCc2ccccc2)C1. The van der Waals surface area contributed by atoms with Crippen LogP contribution in [0.15, 0.2) is 30.3 Å². The van der Waals surface area contributed by atoms with Crippen LogP contribution in [0.4, 0.5) is 0 Å². The van der Waals surface area contributed by atoms with E-state index in [0.717, 1.165) is 26.1 Å². The fraction of sp³-hybridized carbons (Fsp3) is 0.533. The van der Waals surface area contributed by atoms with Gasteiger partial charge < -0.3 is 10.2 Å². The van der Waals surface area contributed by atoms with E-state index >= 15 is 0 Å². The Hall–Kier alpha value is -1.35. The van der Waals surface area contributed by atoms with Gasteiger partial charge in [0.05, 0.1) is 6.04 Å². The summed E-state index contributed by atoms with van der Waals surface area (Å²) in [6.45, 7) is 6.75. The third-order valence-corrected chi connectivity index (χ3v) is 3.50. The summed E-state index contributed by atoms with van der Waals surface area (Å²) < 4.78 is 0. The van der Waals surface area contributed by atoms with Gasteiger partial charge in [0, 0.05) is 19.6 Å². The normalized spacial score (nSPS) is 25.0. The van der Waals surface area contributed by atoms with E-state index in [1.807, 2.05) is 30.0 Å². The smallest absolute Gasteiger partial charge is 0.239 e. The molecule has 3 nitrogen and oxygen atoms in total. The van der Waals surface area contributed by atoms with E-state index in [1.165, 1.54) is 5.56 Å². The van der Waals surface area contributed by atoms with Gasteiger partial charge >= 0.3 is 0 Å². The highest BCUT2D eigenvalue weighted by atomic mass is 16.2. The molecule has 18 heavy (non-hydrogen) atoms. The molecule has 1 aliphatic heterocycles. The van der Waals surface area contributed by atoms with E-state index in [2.05, 4.69) is 24.4 Å². The van der Waals surface area contributed by atoms with Crippen molar-refractivity contribution < 1.29 is 4.79 Å². The number of nitrogens with one attached hydrogen (secondary N) is 1. The van der Waals surface area contributed by atoms with Crippen LogP contribution in [0.5, 0.6) is 0 Å². The minimum Gasteiger partial charge on any atom is -0.341 e. The van der Waals surface area contributed by atoms with Crippen LogP contribution in [0.3, 0.4) is 0 Å². The van der Waals surface area contributed by atoms with Crippen molar-refractivity contribution in [3.8, 4) is 0 Å². The van der Waals surface area contributed by atoms with E-state index in [4.69, 9.17) is 0 Å². The summed E-state index contributed by atoms with van der Waals surface area (Å²) in [5, 5.41) is 3.28. The Morgan fingerprint density at radius 1 is 1.28 bits per heavy atom. The lowest BCUT2D eigenvalue weighted by atomic mass is 10.1. The third-order valence-electron chi connectivity index (χ3n) is 3.50. The number of carbonyl (C=O) groups excluding carboxylic acids is 1. The topological polar surface area (TPSA) is 32.3 Å². The molecule has 0 radical (unpaired) electrons. The number of nitrogens with zero attached hydrogens (tertiary/aromatic N) is 1. The molecule has 0 saturated carbocycles. The molecule has 1 aliphatic rings. The summed E-state index contributed by atoms with van der Waals surface area (Å²) in [6.07, 6.45) is 0.937. The molecule has 0 bridgehead atoms. The van der Waals surface area contributed by atoms with Crippen LogP contribution in [0.25, 0.3) is 0 Å². The van der Waals surface area contributed by atoms with Crippen molar-refractivity contribution in [2.75, 3.05) is 19.6 Å². The van der Waals surface area contributed by atoms with Gasteiger partial charge in [-0.1, -0.05) is 37.3 Å². The second-order valence-corrected chi connectivity index (χ2v) is 5.25. The van der Waals surface area contributed by atoms with Crippen LogP contribution in [0.2, 0.25) is 0 Å². The fourth-order valence-corrected chi connectivity index (χ4v) is 2.38. The van der Waals surface area contributed by atoms with E-state index in [9.17, 15) is 4.79 Å². The Bertz CT molecular complexity index is 391. The summed E-state index contributed by atoms with van der Waals surface area (Å²) in [7, 11) is 0. The van der Waals surface area contributed by atoms with Crippen LogP contribution >= 0.6 is 0 Å². The first-order valence-corrected chi connectivity index (χ1v) is 6.73. The third kappa shape index (κ3) is 3.33. The quantitative estimate of drug-likeness (QED) is 0.880. The van der Waals surface area contributed by atoms with Gasteiger partial charge in [-0.2, -0.15) is 0 Å². The number of hydrogen-bond donors (Lipinski definition) is 1. The maximum atomic E-state index is 12.2. The molecule has 1 amide bonds. The first-order chi connectivity index (χ1) is 8.66. The van der Waals surface area contributed by atoms with Crippen molar-refractivity contribution in [2.45, 2.75) is 26.3 Å². The maximum Gasteiger partial charge on any atom is 0.239 e. The average molecular weight is 246 g/mol. The summed E-state index contributed by atoms with van der Waals surface area (Å²) >= 11 is 0. The van der Waals surface area contributed by atoms with Gasteiger partial charge in [0.15, 0.2) is 0 Å². The minimum absolute atomic E-state index is 0.0503. The van der Waals surface area contributed by atoms with Crippen LogP contribution < -0.4 is 5.32 Å². The molecule has 98 valence electrons. The van der Waals surface area contributed by atoms with Crippen molar-refractivity contribution in [3.05, 3.63) is 35.9 Å². The molecule has 3 heteroatoms. The zero-order valence-corrected chi connectivity index (χ0v) is 11.2. The lowest BCUT2D eigenvalue weighted by Crippen LogP contribution is -2.42. The summed E-state index contributed by atoms with van der Waals surface area (Å²) in [5.74, 6) is 0.755. The number of amides is 1. The van der Waals surface area contributed by atoms with Crippen LogP contribution in [-0.4, -0.2) is 36.5 Å². The summed E-state index contributed by atoms with van der Waals surface area (Å²) in [5.41, 5.74) is 1.29. The Balaban J connectivity index is 1.96. The maximum absolute atomic E-state index is 12.2. The minimum atomic E-state index is -0.0503. The first kappa shape index (κ1) is 13.1. The number of carbonyl (C=O) groups is 1. The molecular weight excluding hydrogens is 224 g/mol. The Kier molecular flexibility index (Phi) is 4.37. The highest BCUT2D eigenvalue weighted by Crippen LogP contribution is 2.09. The molecule has 1 N–H and O–H groups in total. The zero-order valence-electron chi connectivity index (χ0n) is 11.2. The highest BCUT2D eigenvalue weighted by Gasteiger charge is 2.25. The lowest BCUT2D eigenvalue weighted by Gasteiger charge is -2.24. The first-order valence-electron chi connectivity index (χ1n) is 6.73. The van der Waals surface area contributed by atoms with Gasteiger partial charge in [-0.25, -0.2) is 0 Å². The largest absolute Gasteiger partial charge is 0.341 e. The molecule has 1 fully saturated rings. The van der Waals surface area contributed by atoms with Gasteiger partial charge in [0.25, 0.3) is 0 Å². The second-order valence-electron chi connectivity index (χ2n) is 5.25. The van der Waals surface area contributed by atoms with E-state index < -0.39 is 0 Å². The molecule has 0 spiro atoms. The van der Waals surface area contributed by atoms with Gasteiger partial charge in [-0.3, -0.25) is 4.79 Å². The van der Waals surface area contributed by atoms with Crippen LogP contribution in [-0.2, 0) is 11.2 Å². The number of rotatable bonds is 3. The van der Waals surface area contributed by atoms with Crippen molar-refractivity contribution in [1.82, 2.24) is 10.2 Å². The Morgan fingerprint density at radius 2 is 2.00 bits per heavy atom. The molecule has 1 heterocycles.